The van der Waals surface area contributed by atoms with Crippen molar-refractivity contribution >= 4 is 18.3 Å². The highest BCUT2D eigenvalue weighted by Gasteiger charge is 2.15. The molecule has 2 rings (SSSR count). The van der Waals surface area contributed by atoms with Crippen LogP contribution >= 0.6 is 12.4 Å². The molecule has 1 aliphatic rings. The average molecular weight is 381 g/mol. The summed E-state index contributed by atoms with van der Waals surface area (Å²) in [6.45, 7) is 11.0. The van der Waals surface area contributed by atoms with Crippen LogP contribution in [-0.2, 0) is 11.2 Å². The van der Waals surface area contributed by atoms with E-state index in [0.717, 1.165) is 24.9 Å². The molecule has 1 amide bonds. The van der Waals surface area contributed by atoms with E-state index in [9.17, 15) is 4.79 Å². The summed E-state index contributed by atoms with van der Waals surface area (Å²) in [6.07, 6.45) is 7.44. The van der Waals surface area contributed by atoms with E-state index < -0.39 is 0 Å². The van der Waals surface area contributed by atoms with Crippen molar-refractivity contribution in [2.75, 3.05) is 26.2 Å². The third-order valence-corrected chi connectivity index (χ3v) is 5.17. The number of hydrogen-bond donors (Lipinski definition) is 1. The number of hydrogen-bond acceptors (Lipinski definition) is 2. The monoisotopic (exact) mass is 380 g/mol. The van der Waals surface area contributed by atoms with Crippen LogP contribution in [0.3, 0.4) is 0 Å². The summed E-state index contributed by atoms with van der Waals surface area (Å²) >= 11 is 0. The molecule has 0 bridgehead atoms. The summed E-state index contributed by atoms with van der Waals surface area (Å²) in [5.74, 6) is 0.737. The highest BCUT2D eigenvalue weighted by atomic mass is 35.5. The first-order chi connectivity index (χ1) is 12.1. The van der Waals surface area contributed by atoms with Gasteiger partial charge in [0.2, 0.25) is 5.91 Å². The lowest BCUT2D eigenvalue weighted by Crippen LogP contribution is -2.32. The van der Waals surface area contributed by atoms with Crippen molar-refractivity contribution in [1.82, 2.24) is 10.2 Å². The number of likely N-dealkylation sites (tertiary alicyclic amines) is 1. The van der Waals surface area contributed by atoms with Gasteiger partial charge in [-0.05, 0) is 75.7 Å². The Bertz CT molecular complexity index is 509. The van der Waals surface area contributed by atoms with E-state index in [1.165, 1.54) is 50.9 Å². The highest BCUT2D eigenvalue weighted by molar-refractivity contribution is 5.85. The Balaban J connectivity index is 0.00000338. The Kier molecular flexibility index (Phi) is 10.9. The van der Waals surface area contributed by atoms with E-state index in [1.807, 2.05) is 6.92 Å². The fourth-order valence-electron chi connectivity index (χ4n) is 3.57. The minimum Gasteiger partial charge on any atom is -0.356 e. The fourth-order valence-corrected chi connectivity index (χ4v) is 3.57. The van der Waals surface area contributed by atoms with Crippen LogP contribution in [0.1, 0.15) is 69.9 Å². The molecule has 1 N–H and O–H groups in total. The van der Waals surface area contributed by atoms with Crippen molar-refractivity contribution in [2.24, 2.45) is 5.92 Å². The molecule has 0 unspecified atom stereocenters. The standard InChI is InChI=1S/C22H36N2O.ClH/c1-18(2)17-20-9-11-21(12-10-20)19(3)22(25)23-13-5-8-16-24-14-6-4-7-15-24;/h9-12,18-19H,4-8,13-17H2,1-3H3,(H,23,25);1H/t19-;/m1./s1. The van der Waals surface area contributed by atoms with Gasteiger partial charge < -0.3 is 10.2 Å². The van der Waals surface area contributed by atoms with Gasteiger partial charge in [-0.15, -0.1) is 12.4 Å². The number of nitrogens with zero attached hydrogens (tertiary/aromatic N) is 1. The average Bonchev–Trinajstić information content (AvgIpc) is 2.61. The molecule has 0 saturated carbocycles. The molecular weight excluding hydrogens is 344 g/mol. The predicted molar refractivity (Wildman–Crippen MR) is 113 cm³/mol. The van der Waals surface area contributed by atoms with E-state index in [4.69, 9.17) is 0 Å². The SMILES string of the molecule is CC(C)Cc1ccc([C@@H](C)C(=O)NCCCCN2CCCCC2)cc1.Cl. The van der Waals surface area contributed by atoms with Gasteiger partial charge in [-0.25, -0.2) is 0 Å². The normalized spacial score (nSPS) is 16.2. The maximum Gasteiger partial charge on any atom is 0.227 e. The molecule has 148 valence electrons. The molecular formula is C22H37ClN2O. The van der Waals surface area contributed by atoms with Gasteiger partial charge in [-0.1, -0.05) is 44.5 Å². The number of carbonyl (C=O) groups excluding carboxylic acids is 1. The number of carbonyl (C=O) groups is 1. The van der Waals surface area contributed by atoms with Crippen molar-refractivity contribution in [3.05, 3.63) is 35.4 Å². The second-order valence-corrected chi connectivity index (χ2v) is 7.96. The molecule has 1 saturated heterocycles. The second-order valence-electron chi connectivity index (χ2n) is 7.96. The van der Waals surface area contributed by atoms with Crippen molar-refractivity contribution in [2.45, 2.75) is 65.2 Å². The number of rotatable bonds is 9. The Hall–Kier alpha value is -1.06. The molecule has 0 spiro atoms. The fraction of sp³-hybridized carbons (Fsp3) is 0.682. The van der Waals surface area contributed by atoms with Crippen LogP contribution in [0.25, 0.3) is 0 Å². The van der Waals surface area contributed by atoms with Crippen molar-refractivity contribution < 1.29 is 4.79 Å². The van der Waals surface area contributed by atoms with E-state index in [1.54, 1.807) is 0 Å². The predicted octanol–water partition coefficient (Wildman–Crippen LogP) is 4.79. The van der Waals surface area contributed by atoms with Crippen LogP contribution in [0.4, 0.5) is 0 Å². The maximum atomic E-state index is 12.3. The second kappa shape index (κ2) is 12.3. The maximum absolute atomic E-state index is 12.3. The summed E-state index contributed by atoms with van der Waals surface area (Å²) in [6, 6.07) is 8.55. The van der Waals surface area contributed by atoms with Crippen LogP contribution in [-0.4, -0.2) is 37.0 Å². The van der Waals surface area contributed by atoms with Crippen LogP contribution in [0, 0.1) is 5.92 Å². The number of unbranched alkanes of at least 4 members (excludes halogenated alkanes) is 1. The van der Waals surface area contributed by atoms with Gasteiger partial charge in [0.1, 0.15) is 0 Å². The first-order valence-corrected chi connectivity index (χ1v) is 10.1. The lowest BCUT2D eigenvalue weighted by Gasteiger charge is -2.26. The molecule has 0 aromatic heterocycles. The quantitative estimate of drug-likeness (QED) is 0.624. The van der Waals surface area contributed by atoms with E-state index in [0.29, 0.717) is 5.92 Å². The molecule has 1 aromatic carbocycles. The number of nitrogens with one attached hydrogen (secondary N) is 1. The molecule has 0 aliphatic carbocycles. The van der Waals surface area contributed by atoms with Gasteiger partial charge in [-0.2, -0.15) is 0 Å². The number of benzene rings is 1. The van der Waals surface area contributed by atoms with E-state index in [-0.39, 0.29) is 24.2 Å². The molecule has 4 heteroatoms. The Morgan fingerprint density at radius 2 is 1.69 bits per heavy atom. The number of halogens is 1. The molecule has 0 radical (unpaired) electrons. The lowest BCUT2D eigenvalue weighted by atomic mass is 9.96. The Morgan fingerprint density at radius 1 is 1.04 bits per heavy atom. The lowest BCUT2D eigenvalue weighted by molar-refractivity contribution is -0.122. The van der Waals surface area contributed by atoms with Crippen molar-refractivity contribution in [3.8, 4) is 0 Å². The topological polar surface area (TPSA) is 32.3 Å². The van der Waals surface area contributed by atoms with Crippen LogP contribution in [0.15, 0.2) is 24.3 Å². The van der Waals surface area contributed by atoms with Crippen LogP contribution in [0.5, 0.6) is 0 Å². The summed E-state index contributed by atoms with van der Waals surface area (Å²) < 4.78 is 0. The minimum atomic E-state index is -0.0739. The zero-order valence-electron chi connectivity index (χ0n) is 16.8. The van der Waals surface area contributed by atoms with Gasteiger partial charge in [0, 0.05) is 6.54 Å². The molecule has 1 atom stereocenters. The first-order valence-electron chi connectivity index (χ1n) is 10.1. The summed E-state index contributed by atoms with van der Waals surface area (Å²) in [7, 11) is 0. The Morgan fingerprint density at radius 3 is 2.31 bits per heavy atom. The van der Waals surface area contributed by atoms with Gasteiger partial charge in [0.15, 0.2) is 0 Å². The first kappa shape index (κ1) is 23.0. The molecule has 1 fully saturated rings. The largest absolute Gasteiger partial charge is 0.356 e. The zero-order valence-corrected chi connectivity index (χ0v) is 17.6. The summed E-state index contributed by atoms with van der Waals surface area (Å²) in [4.78, 5) is 14.9. The van der Waals surface area contributed by atoms with Crippen molar-refractivity contribution in [3.63, 3.8) is 0 Å². The smallest absolute Gasteiger partial charge is 0.227 e. The molecule has 26 heavy (non-hydrogen) atoms. The Labute approximate surface area is 166 Å². The van der Waals surface area contributed by atoms with E-state index >= 15 is 0 Å². The third kappa shape index (κ3) is 8.09. The molecule has 3 nitrogen and oxygen atoms in total. The van der Waals surface area contributed by atoms with Gasteiger partial charge in [0.25, 0.3) is 0 Å². The molecule has 1 aliphatic heterocycles. The minimum absolute atomic E-state index is 0. The van der Waals surface area contributed by atoms with Gasteiger partial charge in [0.05, 0.1) is 5.92 Å². The van der Waals surface area contributed by atoms with Gasteiger partial charge >= 0.3 is 0 Å². The number of piperidine rings is 1. The highest BCUT2D eigenvalue weighted by Crippen LogP contribution is 2.17. The van der Waals surface area contributed by atoms with Gasteiger partial charge in [-0.3, -0.25) is 4.79 Å². The number of amides is 1. The zero-order chi connectivity index (χ0) is 18.1. The molecule has 1 heterocycles. The third-order valence-electron chi connectivity index (χ3n) is 5.17. The van der Waals surface area contributed by atoms with E-state index in [2.05, 4.69) is 48.3 Å². The summed E-state index contributed by atoms with van der Waals surface area (Å²) in [5.41, 5.74) is 2.46. The molecule has 1 aromatic rings. The summed E-state index contributed by atoms with van der Waals surface area (Å²) in [5, 5.41) is 3.11. The van der Waals surface area contributed by atoms with Crippen LogP contribution < -0.4 is 5.32 Å². The van der Waals surface area contributed by atoms with Crippen LogP contribution in [0.2, 0.25) is 0 Å². The van der Waals surface area contributed by atoms with Crippen molar-refractivity contribution in [1.29, 1.82) is 0 Å².